The Bertz CT molecular complexity index is 949. The van der Waals surface area contributed by atoms with E-state index in [9.17, 15) is 9.59 Å². The zero-order valence-corrected chi connectivity index (χ0v) is 18.3. The Balaban J connectivity index is 1.84. The summed E-state index contributed by atoms with van der Waals surface area (Å²) in [5, 5.41) is 5.41. The van der Waals surface area contributed by atoms with Crippen LogP contribution in [0.4, 0.5) is 0 Å². The number of thiocarbonyl (C=S) groups is 1. The van der Waals surface area contributed by atoms with Gasteiger partial charge in [-0.15, -0.1) is 0 Å². The molecule has 2 amide bonds. The SMILES string of the molecule is O=C1NC(=S)NC(=O)C1=Cc1cc(Br)c(OCc2ccccc2Cl)c(Br)c1. The molecule has 1 heterocycles. The Morgan fingerprint density at radius 2 is 1.67 bits per heavy atom. The molecule has 0 radical (unpaired) electrons. The molecule has 0 bridgehead atoms. The largest absolute Gasteiger partial charge is 0.486 e. The van der Waals surface area contributed by atoms with Crippen molar-refractivity contribution in [3.8, 4) is 5.75 Å². The highest BCUT2D eigenvalue weighted by Crippen LogP contribution is 2.36. The number of amides is 2. The van der Waals surface area contributed by atoms with Gasteiger partial charge >= 0.3 is 0 Å². The van der Waals surface area contributed by atoms with E-state index in [0.717, 1.165) is 5.56 Å². The van der Waals surface area contributed by atoms with E-state index in [0.29, 0.717) is 31.9 Å². The van der Waals surface area contributed by atoms with Crippen molar-refractivity contribution in [1.82, 2.24) is 10.6 Å². The molecule has 3 rings (SSSR count). The van der Waals surface area contributed by atoms with E-state index in [2.05, 4.69) is 42.5 Å². The van der Waals surface area contributed by atoms with Gasteiger partial charge in [-0.3, -0.25) is 20.2 Å². The molecule has 1 fully saturated rings. The lowest BCUT2D eigenvalue weighted by molar-refractivity contribution is -0.123. The highest BCUT2D eigenvalue weighted by atomic mass is 79.9. The van der Waals surface area contributed by atoms with Crippen molar-refractivity contribution >= 4 is 78.7 Å². The van der Waals surface area contributed by atoms with Crippen LogP contribution in [0.3, 0.4) is 0 Å². The van der Waals surface area contributed by atoms with Crippen molar-refractivity contribution in [1.29, 1.82) is 0 Å². The van der Waals surface area contributed by atoms with E-state index in [4.69, 9.17) is 28.6 Å². The van der Waals surface area contributed by atoms with E-state index < -0.39 is 11.8 Å². The summed E-state index contributed by atoms with van der Waals surface area (Å²) in [6, 6.07) is 10.9. The van der Waals surface area contributed by atoms with Crippen LogP contribution in [0.2, 0.25) is 5.02 Å². The molecular weight excluding hydrogens is 520 g/mol. The van der Waals surface area contributed by atoms with Crippen molar-refractivity contribution in [2.75, 3.05) is 0 Å². The lowest BCUT2D eigenvalue weighted by Gasteiger charge is -2.17. The normalized spacial score (nSPS) is 13.9. The van der Waals surface area contributed by atoms with Crippen molar-refractivity contribution < 1.29 is 14.3 Å². The van der Waals surface area contributed by atoms with Crippen LogP contribution in [0.1, 0.15) is 11.1 Å². The fourth-order valence-electron chi connectivity index (χ4n) is 2.34. The number of ether oxygens (including phenoxy) is 1. The van der Waals surface area contributed by atoms with E-state index in [1.165, 1.54) is 6.08 Å². The average Bonchev–Trinajstić information content (AvgIpc) is 2.59. The Morgan fingerprint density at radius 3 is 2.26 bits per heavy atom. The van der Waals surface area contributed by atoms with Crippen LogP contribution in [0.25, 0.3) is 6.08 Å². The monoisotopic (exact) mass is 528 g/mol. The van der Waals surface area contributed by atoms with Crippen molar-refractivity contribution in [3.05, 3.63) is 67.1 Å². The predicted octanol–water partition coefficient (Wildman–Crippen LogP) is 4.36. The van der Waals surface area contributed by atoms with Gasteiger partial charge in [-0.1, -0.05) is 29.8 Å². The van der Waals surface area contributed by atoms with Gasteiger partial charge in [-0.2, -0.15) is 0 Å². The third kappa shape index (κ3) is 4.76. The van der Waals surface area contributed by atoms with Gasteiger partial charge in [-0.25, -0.2) is 0 Å². The summed E-state index contributed by atoms with van der Waals surface area (Å²) in [6.07, 6.45) is 1.47. The zero-order chi connectivity index (χ0) is 19.6. The highest BCUT2D eigenvalue weighted by molar-refractivity contribution is 9.11. The third-order valence-electron chi connectivity index (χ3n) is 3.60. The molecule has 2 aromatic carbocycles. The Labute approximate surface area is 182 Å². The molecule has 5 nitrogen and oxygen atoms in total. The standard InChI is InChI=1S/C18H11Br2ClN2O3S/c19-12-6-9(5-11-16(24)22-18(27)23-17(11)25)7-13(20)15(12)26-8-10-3-1-2-4-14(10)21/h1-7H,8H2,(H2,22,23,24,25,27). The summed E-state index contributed by atoms with van der Waals surface area (Å²) in [7, 11) is 0. The fraction of sp³-hybridized carbons (Fsp3) is 0.0556. The van der Waals surface area contributed by atoms with Gasteiger partial charge < -0.3 is 4.74 Å². The second-order valence-corrected chi connectivity index (χ2v) is 8.01. The first-order valence-corrected chi connectivity index (χ1v) is 9.96. The minimum absolute atomic E-state index is 0.00664. The number of carbonyl (C=O) groups excluding carboxylic acids is 2. The molecule has 2 N–H and O–H groups in total. The number of halogens is 3. The lowest BCUT2D eigenvalue weighted by atomic mass is 10.1. The van der Waals surface area contributed by atoms with Crippen molar-refractivity contribution in [3.63, 3.8) is 0 Å². The molecule has 0 spiro atoms. The smallest absolute Gasteiger partial charge is 0.263 e. The van der Waals surface area contributed by atoms with Crippen LogP contribution in [-0.2, 0) is 16.2 Å². The summed E-state index contributed by atoms with van der Waals surface area (Å²) in [4.78, 5) is 23.9. The van der Waals surface area contributed by atoms with Crippen LogP contribution in [0, 0.1) is 0 Å². The van der Waals surface area contributed by atoms with Crippen LogP contribution in [0.15, 0.2) is 50.9 Å². The van der Waals surface area contributed by atoms with Crippen molar-refractivity contribution in [2.45, 2.75) is 6.61 Å². The first-order valence-electron chi connectivity index (χ1n) is 7.59. The summed E-state index contributed by atoms with van der Waals surface area (Å²) >= 11 is 17.8. The summed E-state index contributed by atoms with van der Waals surface area (Å²) in [5.74, 6) is -0.513. The number of hydrogen-bond acceptors (Lipinski definition) is 4. The molecule has 138 valence electrons. The molecule has 0 atom stereocenters. The maximum absolute atomic E-state index is 12.0. The number of benzene rings is 2. The number of rotatable bonds is 4. The molecule has 27 heavy (non-hydrogen) atoms. The molecular formula is C18H11Br2ClN2O3S. The molecule has 2 aromatic rings. The lowest BCUT2D eigenvalue weighted by Crippen LogP contribution is -2.51. The summed E-state index contributed by atoms with van der Waals surface area (Å²) in [5.41, 5.74) is 1.45. The summed E-state index contributed by atoms with van der Waals surface area (Å²) in [6.45, 7) is 0.291. The quantitative estimate of drug-likeness (QED) is 0.350. The zero-order valence-electron chi connectivity index (χ0n) is 13.5. The number of nitrogens with one attached hydrogen (secondary N) is 2. The van der Waals surface area contributed by atoms with E-state index in [-0.39, 0.29) is 10.7 Å². The molecule has 0 unspecified atom stereocenters. The van der Waals surface area contributed by atoms with Crippen LogP contribution in [-0.4, -0.2) is 16.9 Å². The van der Waals surface area contributed by atoms with E-state index in [1.807, 2.05) is 18.2 Å². The van der Waals surface area contributed by atoms with Crippen LogP contribution in [0.5, 0.6) is 5.75 Å². The molecule has 0 aliphatic carbocycles. The molecule has 9 heteroatoms. The molecule has 1 aliphatic heterocycles. The molecule has 0 aromatic heterocycles. The van der Waals surface area contributed by atoms with Gasteiger partial charge in [0.1, 0.15) is 17.9 Å². The maximum atomic E-state index is 12.0. The molecule has 1 saturated heterocycles. The second-order valence-electron chi connectivity index (χ2n) is 5.49. The molecule has 0 saturated carbocycles. The minimum Gasteiger partial charge on any atom is -0.486 e. The summed E-state index contributed by atoms with van der Waals surface area (Å²) < 4.78 is 7.17. The topological polar surface area (TPSA) is 67.4 Å². The Hall–Kier alpha value is -1.74. The van der Waals surface area contributed by atoms with Crippen LogP contribution >= 0.6 is 55.7 Å². The fourth-order valence-corrected chi connectivity index (χ4v) is 4.17. The van der Waals surface area contributed by atoms with Gasteiger partial charge in [0.05, 0.1) is 8.95 Å². The van der Waals surface area contributed by atoms with E-state index in [1.54, 1.807) is 18.2 Å². The van der Waals surface area contributed by atoms with Gasteiger partial charge in [0.2, 0.25) is 0 Å². The van der Waals surface area contributed by atoms with Gasteiger partial charge in [0.25, 0.3) is 11.8 Å². The molecule has 1 aliphatic rings. The minimum atomic E-state index is -0.546. The van der Waals surface area contributed by atoms with Crippen molar-refractivity contribution in [2.24, 2.45) is 0 Å². The van der Waals surface area contributed by atoms with Crippen LogP contribution < -0.4 is 15.4 Å². The Kier molecular flexibility index (Phi) is 6.31. The predicted molar refractivity (Wildman–Crippen MR) is 114 cm³/mol. The average molecular weight is 531 g/mol. The number of carbonyl (C=O) groups is 2. The third-order valence-corrected chi connectivity index (χ3v) is 5.36. The van der Waals surface area contributed by atoms with E-state index >= 15 is 0 Å². The van der Waals surface area contributed by atoms with Gasteiger partial charge in [0, 0.05) is 10.6 Å². The first-order chi connectivity index (χ1) is 12.8. The maximum Gasteiger partial charge on any atom is 0.263 e. The second kappa shape index (κ2) is 8.52. The first kappa shape index (κ1) is 20.0. The van der Waals surface area contributed by atoms with Gasteiger partial charge in [0.15, 0.2) is 5.11 Å². The van der Waals surface area contributed by atoms with Gasteiger partial charge in [-0.05, 0) is 73.9 Å². The Morgan fingerprint density at radius 1 is 1.07 bits per heavy atom. The number of hydrogen-bond donors (Lipinski definition) is 2. The highest BCUT2D eigenvalue weighted by Gasteiger charge is 2.25.